The largest absolute Gasteiger partial charge is 0.480 e. The number of anilines is 1. The Labute approximate surface area is 176 Å². The molecular weight excluding hydrogens is 404 g/mol. The van der Waals surface area contributed by atoms with Crippen LogP contribution in [0.1, 0.15) is 22.5 Å². The summed E-state index contributed by atoms with van der Waals surface area (Å²) in [6.07, 6.45) is 7.38. The molecule has 10 heteroatoms. The molecule has 0 aromatic carbocycles. The lowest BCUT2D eigenvalue weighted by molar-refractivity contribution is -0.135. The maximum absolute atomic E-state index is 12.2. The standard InChI is InChI=1S/C20H22N6O3S/c27-16(28)9-24-19(29)15-8-25-20(30-15)14-7-23-18-13(1-2-22-18)17(14)26-12-3-10-5-21-6-11(10)4-12/h1-2,7-8,10-12,21H,3-6,9H2,(H,24,29)(H,27,28)(H2,22,23,26)/t10-,11+,12?. The Balaban J connectivity index is 1.44. The van der Waals surface area contributed by atoms with Crippen molar-refractivity contribution in [2.24, 2.45) is 11.8 Å². The number of carboxylic acids is 1. The Kier molecular flexibility index (Phi) is 4.87. The molecule has 3 aromatic rings. The van der Waals surface area contributed by atoms with Crippen LogP contribution in [0.4, 0.5) is 5.69 Å². The molecule has 9 nitrogen and oxygen atoms in total. The molecule has 5 rings (SSSR count). The molecule has 0 radical (unpaired) electrons. The molecule has 30 heavy (non-hydrogen) atoms. The van der Waals surface area contributed by atoms with Crippen molar-refractivity contribution < 1.29 is 14.7 Å². The third-order valence-corrected chi connectivity index (χ3v) is 6.98. The van der Waals surface area contributed by atoms with E-state index in [9.17, 15) is 9.59 Å². The van der Waals surface area contributed by atoms with Gasteiger partial charge >= 0.3 is 5.97 Å². The van der Waals surface area contributed by atoms with Gasteiger partial charge in [0.1, 0.15) is 22.1 Å². The molecule has 156 valence electrons. The predicted molar refractivity (Wildman–Crippen MR) is 114 cm³/mol. The highest BCUT2D eigenvalue weighted by Crippen LogP contribution is 2.40. The highest BCUT2D eigenvalue weighted by Gasteiger charge is 2.37. The molecular formula is C20H22N6O3S. The number of aromatic amines is 1. The van der Waals surface area contributed by atoms with Crippen molar-refractivity contribution >= 4 is 39.9 Å². The van der Waals surface area contributed by atoms with Gasteiger partial charge in [-0.3, -0.25) is 9.59 Å². The molecule has 1 aliphatic carbocycles. The summed E-state index contributed by atoms with van der Waals surface area (Å²) in [6, 6.07) is 2.39. The average molecular weight is 427 g/mol. The summed E-state index contributed by atoms with van der Waals surface area (Å²) in [5, 5.41) is 20.0. The Morgan fingerprint density at radius 3 is 2.77 bits per heavy atom. The predicted octanol–water partition coefficient (Wildman–Crippen LogP) is 1.91. The number of hydrogen-bond donors (Lipinski definition) is 5. The van der Waals surface area contributed by atoms with Gasteiger partial charge in [0.2, 0.25) is 0 Å². The first-order valence-electron chi connectivity index (χ1n) is 9.98. The number of aliphatic carboxylic acids is 1. The van der Waals surface area contributed by atoms with Crippen LogP contribution < -0.4 is 16.0 Å². The Morgan fingerprint density at radius 2 is 2.00 bits per heavy atom. The molecule has 4 heterocycles. The van der Waals surface area contributed by atoms with Crippen LogP contribution in [0.2, 0.25) is 0 Å². The zero-order valence-corrected chi connectivity index (χ0v) is 17.0. The molecule has 0 spiro atoms. The first-order valence-corrected chi connectivity index (χ1v) is 10.8. The maximum Gasteiger partial charge on any atom is 0.322 e. The average Bonchev–Trinajstić information content (AvgIpc) is 3.48. The fourth-order valence-electron chi connectivity index (χ4n) is 4.56. The molecule has 1 unspecified atom stereocenters. The zero-order chi connectivity index (χ0) is 20.7. The molecule has 1 saturated carbocycles. The van der Waals surface area contributed by atoms with Crippen LogP contribution in [-0.4, -0.2) is 57.6 Å². The van der Waals surface area contributed by atoms with Crippen LogP contribution >= 0.6 is 11.3 Å². The number of carbonyl (C=O) groups excluding carboxylic acids is 1. The van der Waals surface area contributed by atoms with Crippen molar-refractivity contribution in [2.75, 3.05) is 25.0 Å². The van der Waals surface area contributed by atoms with Crippen molar-refractivity contribution in [3.8, 4) is 10.6 Å². The van der Waals surface area contributed by atoms with Crippen molar-refractivity contribution in [3.05, 3.63) is 29.5 Å². The van der Waals surface area contributed by atoms with Gasteiger partial charge in [0.15, 0.2) is 0 Å². The third kappa shape index (κ3) is 3.52. The van der Waals surface area contributed by atoms with Gasteiger partial charge in [-0.05, 0) is 43.8 Å². The Hall–Kier alpha value is -2.98. The molecule has 1 aliphatic heterocycles. The number of nitrogens with one attached hydrogen (secondary N) is 4. The summed E-state index contributed by atoms with van der Waals surface area (Å²) in [7, 11) is 0. The summed E-state index contributed by atoms with van der Waals surface area (Å²) in [6.45, 7) is 1.76. The highest BCUT2D eigenvalue weighted by molar-refractivity contribution is 7.17. The van der Waals surface area contributed by atoms with E-state index in [1.54, 1.807) is 6.20 Å². The van der Waals surface area contributed by atoms with E-state index in [4.69, 9.17) is 5.11 Å². The second-order valence-electron chi connectivity index (χ2n) is 7.88. The zero-order valence-electron chi connectivity index (χ0n) is 16.1. The maximum atomic E-state index is 12.2. The van der Waals surface area contributed by atoms with E-state index in [1.165, 1.54) is 17.5 Å². The van der Waals surface area contributed by atoms with Crippen LogP contribution in [0.5, 0.6) is 0 Å². The van der Waals surface area contributed by atoms with Crippen molar-refractivity contribution in [1.82, 2.24) is 25.6 Å². The monoisotopic (exact) mass is 426 g/mol. The van der Waals surface area contributed by atoms with E-state index in [-0.39, 0.29) is 0 Å². The van der Waals surface area contributed by atoms with Gasteiger partial charge in [-0.1, -0.05) is 0 Å². The fraction of sp³-hybridized carbons (Fsp3) is 0.400. The minimum Gasteiger partial charge on any atom is -0.480 e. The summed E-state index contributed by atoms with van der Waals surface area (Å²) in [4.78, 5) is 35.3. The lowest BCUT2D eigenvalue weighted by Crippen LogP contribution is -2.28. The van der Waals surface area contributed by atoms with Gasteiger partial charge in [-0.2, -0.15) is 0 Å². The smallest absolute Gasteiger partial charge is 0.322 e. The lowest BCUT2D eigenvalue weighted by Gasteiger charge is -2.18. The minimum atomic E-state index is -1.08. The second kappa shape index (κ2) is 7.69. The number of rotatable bonds is 6. The third-order valence-electron chi connectivity index (χ3n) is 5.95. The summed E-state index contributed by atoms with van der Waals surface area (Å²) in [5.41, 5.74) is 2.63. The normalized spacial score (nSPS) is 22.9. The van der Waals surface area contributed by atoms with Crippen molar-refractivity contribution in [3.63, 3.8) is 0 Å². The van der Waals surface area contributed by atoms with Gasteiger partial charge in [0, 0.05) is 23.8 Å². The first kappa shape index (κ1) is 19.0. The lowest BCUT2D eigenvalue weighted by atomic mass is 10.0. The summed E-state index contributed by atoms with van der Waals surface area (Å²) < 4.78 is 0. The molecule has 5 N–H and O–H groups in total. The van der Waals surface area contributed by atoms with Gasteiger partial charge in [0.25, 0.3) is 5.91 Å². The SMILES string of the molecule is O=C(O)CNC(=O)c1cnc(-c2cnc3[nH]ccc3c2NC2C[C@H]3CNC[C@H]3C2)s1. The number of amides is 1. The van der Waals surface area contributed by atoms with Gasteiger partial charge in [-0.25, -0.2) is 9.97 Å². The van der Waals surface area contributed by atoms with E-state index in [1.807, 2.05) is 12.3 Å². The van der Waals surface area contributed by atoms with E-state index in [0.717, 1.165) is 60.1 Å². The molecule has 1 saturated heterocycles. The number of fused-ring (bicyclic) bond motifs is 2. The second-order valence-corrected chi connectivity index (χ2v) is 8.91. The van der Waals surface area contributed by atoms with E-state index in [2.05, 4.69) is 30.9 Å². The number of pyridine rings is 1. The highest BCUT2D eigenvalue weighted by atomic mass is 32.1. The van der Waals surface area contributed by atoms with E-state index >= 15 is 0 Å². The van der Waals surface area contributed by atoms with Crippen LogP contribution in [-0.2, 0) is 4.79 Å². The number of H-pyrrole nitrogens is 1. The Bertz CT molecular complexity index is 1100. The molecule has 0 bridgehead atoms. The minimum absolute atomic E-state index is 0.368. The fourth-order valence-corrected chi connectivity index (χ4v) is 5.41. The first-order chi connectivity index (χ1) is 14.6. The molecule has 2 aliphatic rings. The topological polar surface area (TPSA) is 132 Å². The number of carbonyl (C=O) groups is 2. The Morgan fingerprint density at radius 1 is 1.20 bits per heavy atom. The molecule has 3 aromatic heterocycles. The van der Waals surface area contributed by atoms with Crippen LogP contribution in [0.25, 0.3) is 21.6 Å². The quantitative estimate of drug-likeness (QED) is 0.407. The van der Waals surface area contributed by atoms with E-state index < -0.39 is 18.4 Å². The molecule has 2 fully saturated rings. The van der Waals surface area contributed by atoms with Crippen molar-refractivity contribution in [2.45, 2.75) is 18.9 Å². The van der Waals surface area contributed by atoms with Gasteiger partial charge in [0.05, 0.1) is 17.4 Å². The van der Waals surface area contributed by atoms with E-state index in [0.29, 0.717) is 15.9 Å². The molecule has 3 atom stereocenters. The molecule has 1 amide bonds. The van der Waals surface area contributed by atoms with Gasteiger partial charge < -0.3 is 26.0 Å². The number of nitrogens with zero attached hydrogens (tertiary/aromatic N) is 2. The number of carboxylic acid groups (broad SMARTS) is 1. The van der Waals surface area contributed by atoms with Gasteiger partial charge in [-0.15, -0.1) is 11.3 Å². The van der Waals surface area contributed by atoms with Crippen molar-refractivity contribution in [1.29, 1.82) is 0 Å². The number of hydrogen-bond acceptors (Lipinski definition) is 7. The van der Waals surface area contributed by atoms with Crippen LogP contribution in [0.3, 0.4) is 0 Å². The summed E-state index contributed by atoms with van der Waals surface area (Å²) >= 11 is 1.23. The van der Waals surface area contributed by atoms with Crippen LogP contribution in [0.15, 0.2) is 24.7 Å². The number of thiazole rings is 1. The number of aromatic nitrogens is 3. The summed E-state index contributed by atoms with van der Waals surface area (Å²) in [5.74, 6) is -0.0847. The van der Waals surface area contributed by atoms with Crippen LogP contribution in [0, 0.1) is 11.8 Å².